The summed E-state index contributed by atoms with van der Waals surface area (Å²) in [4.78, 5) is 22.2. The molecule has 2 rings (SSSR count). The number of hydrogen-bond acceptors (Lipinski definition) is 2. The highest BCUT2D eigenvalue weighted by Gasteiger charge is 2.38. The number of ketones is 1. The van der Waals surface area contributed by atoms with Gasteiger partial charge in [-0.2, -0.15) is 0 Å². The molecule has 0 spiro atoms. The summed E-state index contributed by atoms with van der Waals surface area (Å²) in [5.74, 6) is -0.903. The summed E-state index contributed by atoms with van der Waals surface area (Å²) < 4.78 is 0. The Kier molecular flexibility index (Phi) is 3.27. The predicted octanol–water partition coefficient (Wildman–Crippen LogP) is 1.81. The predicted molar refractivity (Wildman–Crippen MR) is 65.7 cm³/mol. The molecule has 17 heavy (non-hydrogen) atoms. The second kappa shape index (κ2) is 4.70. The Labute approximate surface area is 101 Å². The minimum Gasteiger partial charge on any atom is -0.349 e. The summed E-state index contributed by atoms with van der Waals surface area (Å²) in [6, 6.07) is 10.2. The van der Waals surface area contributed by atoms with E-state index in [0.29, 0.717) is 6.54 Å². The fourth-order valence-electron chi connectivity index (χ4n) is 2.34. The van der Waals surface area contributed by atoms with E-state index in [1.807, 2.05) is 18.2 Å². The first-order chi connectivity index (χ1) is 8.14. The van der Waals surface area contributed by atoms with Crippen LogP contribution in [0, 0.1) is 0 Å². The molecule has 1 aliphatic rings. The molecule has 0 radical (unpaired) electrons. The SMILES string of the molecule is CC(=O)C(=O)NCC1(c2ccccc2)CCC1. The average molecular weight is 231 g/mol. The standard InChI is InChI=1S/C14H17NO2/c1-11(16)13(17)15-10-14(8-5-9-14)12-6-3-2-4-7-12/h2-4,6-7H,5,8-10H2,1H3,(H,15,17). The van der Waals surface area contributed by atoms with Crippen molar-refractivity contribution in [1.29, 1.82) is 0 Å². The van der Waals surface area contributed by atoms with Gasteiger partial charge in [0, 0.05) is 18.9 Å². The summed E-state index contributed by atoms with van der Waals surface area (Å²) in [5.41, 5.74) is 1.31. The first-order valence-corrected chi connectivity index (χ1v) is 5.98. The van der Waals surface area contributed by atoms with E-state index in [2.05, 4.69) is 17.4 Å². The van der Waals surface area contributed by atoms with Crippen LogP contribution in [0.15, 0.2) is 30.3 Å². The van der Waals surface area contributed by atoms with Crippen molar-refractivity contribution < 1.29 is 9.59 Å². The van der Waals surface area contributed by atoms with Crippen molar-refractivity contribution >= 4 is 11.7 Å². The second-order valence-corrected chi connectivity index (χ2v) is 4.74. The molecule has 0 saturated heterocycles. The number of benzene rings is 1. The maximum atomic E-state index is 11.3. The van der Waals surface area contributed by atoms with E-state index >= 15 is 0 Å². The first kappa shape index (κ1) is 11.8. The highest BCUT2D eigenvalue weighted by Crippen LogP contribution is 2.43. The largest absolute Gasteiger partial charge is 0.349 e. The van der Waals surface area contributed by atoms with E-state index < -0.39 is 11.7 Å². The molecule has 3 heteroatoms. The maximum Gasteiger partial charge on any atom is 0.287 e. The molecule has 1 aromatic carbocycles. The third-order valence-corrected chi connectivity index (χ3v) is 3.60. The van der Waals surface area contributed by atoms with Crippen molar-refractivity contribution in [3.05, 3.63) is 35.9 Å². The third-order valence-electron chi connectivity index (χ3n) is 3.60. The minimum atomic E-state index is -0.479. The Morgan fingerprint density at radius 1 is 1.24 bits per heavy atom. The molecular weight excluding hydrogens is 214 g/mol. The molecule has 1 amide bonds. The van der Waals surface area contributed by atoms with Crippen LogP contribution in [0.1, 0.15) is 31.7 Å². The van der Waals surface area contributed by atoms with Crippen LogP contribution in [-0.4, -0.2) is 18.2 Å². The van der Waals surface area contributed by atoms with Gasteiger partial charge in [-0.25, -0.2) is 0 Å². The quantitative estimate of drug-likeness (QED) is 0.803. The van der Waals surface area contributed by atoms with Crippen LogP contribution in [0.25, 0.3) is 0 Å². The number of carbonyl (C=O) groups excluding carboxylic acids is 2. The zero-order chi connectivity index (χ0) is 12.3. The van der Waals surface area contributed by atoms with E-state index in [-0.39, 0.29) is 5.41 Å². The summed E-state index contributed by atoms with van der Waals surface area (Å²) >= 11 is 0. The molecule has 3 nitrogen and oxygen atoms in total. The molecule has 0 unspecified atom stereocenters. The number of carbonyl (C=O) groups is 2. The van der Waals surface area contributed by atoms with Crippen LogP contribution in [0.4, 0.5) is 0 Å². The lowest BCUT2D eigenvalue weighted by Crippen LogP contribution is -2.46. The Balaban J connectivity index is 2.06. The molecule has 0 aromatic heterocycles. The van der Waals surface area contributed by atoms with Crippen molar-refractivity contribution in [2.24, 2.45) is 0 Å². The Bertz CT molecular complexity index is 421. The van der Waals surface area contributed by atoms with E-state index in [0.717, 1.165) is 12.8 Å². The van der Waals surface area contributed by atoms with Crippen LogP contribution < -0.4 is 5.32 Å². The van der Waals surface area contributed by atoms with E-state index in [1.54, 1.807) is 0 Å². The highest BCUT2D eigenvalue weighted by molar-refractivity contribution is 6.35. The van der Waals surface area contributed by atoms with E-state index in [1.165, 1.54) is 18.9 Å². The lowest BCUT2D eigenvalue weighted by Gasteiger charge is -2.42. The van der Waals surface area contributed by atoms with Gasteiger partial charge in [0.15, 0.2) is 0 Å². The van der Waals surface area contributed by atoms with Crippen molar-refractivity contribution in [3.63, 3.8) is 0 Å². The molecule has 90 valence electrons. The summed E-state index contributed by atoms with van der Waals surface area (Å²) in [6.45, 7) is 1.86. The highest BCUT2D eigenvalue weighted by atomic mass is 16.2. The van der Waals surface area contributed by atoms with Crippen LogP contribution in [0.2, 0.25) is 0 Å². The van der Waals surface area contributed by atoms with Crippen LogP contribution >= 0.6 is 0 Å². The lowest BCUT2D eigenvalue weighted by atomic mass is 9.64. The second-order valence-electron chi connectivity index (χ2n) is 4.74. The number of Topliss-reactive ketones (excluding diaryl/α,β-unsaturated/α-hetero) is 1. The van der Waals surface area contributed by atoms with Gasteiger partial charge in [0.05, 0.1) is 0 Å². The fourth-order valence-corrected chi connectivity index (χ4v) is 2.34. The maximum absolute atomic E-state index is 11.3. The zero-order valence-electron chi connectivity index (χ0n) is 10.0. The van der Waals surface area contributed by atoms with Gasteiger partial charge in [0.2, 0.25) is 5.78 Å². The van der Waals surface area contributed by atoms with Gasteiger partial charge in [-0.05, 0) is 18.4 Å². The minimum absolute atomic E-state index is 0.0480. The third kappa shape index (κ3) is 2.38. The van der Waals surface area contributed by atoms with Gasteiger partial charge in [0.25, 0.3) is 5.91 Å². The van der Waals surface area contributed by atoms with Gasteiger partial charge in [-0.3, -0.25) is 9.59 Å². The smallest absolute Gasteiger partial charge is 0.287 e. The van der Waals surface area contributed by atoms with Crippen molar-refractivity contribution in [3.8, 4) is 0 Å². The normalized spacial score (nSPS) is 17.0. The topological polar surface area (TPSA) is 46.2 Å². The molecule has 0 atom stereocenters. The van der Waals surface area contributed by atoms with Gasteiger partial charge < -0.3 is 5.32 Å². The van der Waals surface area contributed by atoms with Gasteiger partial charge in [0.1, 0.15) is 0 Å². The van der Waals surface area contributed by atoms with E-state index in [9.17, 15) is 9.59 Å². The van der Waals surface area contributed by atoms with Crippen molar-refractivity contribution in [2.45, 2.75) is 31.6 Å². The lowest BCUT2D eigenvalue weighted by molar-refractivity contribution is -0.136. The van der Waals surface area contributed by atoms with Crippen LogP contribution in [0.5, 0.6) is 0 Å². The molecule has 0 heterocycles. The fraction of sp³-hybridized carbons (Fsp3) is 0.429. The monoisotopic (exact) mass is 231 g/mol. The number of amides is 1. The summed E-state index contributed by atoms with van der Waals surface area (Å²) in [6.07, 6.45) is 3.34. The van der Waals surface area contributed by atoms with E-state index in [4.69, 9.17) is 0 Å². The van der Waals surface area contributed by atoms with Crippen molar-refractivity contribution in [2.75, 3.05) is 6.54 Å². The molecule has 0 aliphatic heterocycles. The molecule has 1 aromatic rings. The number of rotatable bonds is 4. The van der Waals surface area contributed by atoms with Gasteiger partial charge >= 0.3 is 0 Å². The Morgan fingerprint density at radius 3 is 2.35 bits per heavy atom. The van der Waals surface area contributed by atoms with Gasteiger partial charge in [-0.15, -0.1) is 0 Å². The molecule has 0 bridgehead atoms. The Hall–Kier alpha value is -1.64. The molecule has 1 fully saturated rings. The molecule has 1 saturated carbocycles. The van der Waals surface area contributed by atoms with Crippen molar-refractivity contribution in [1.82, 2.24) is 5.32 Å². The average Bonchev–Trinajstić information content (AvgIpc) is 2.28. The zero-order valence-corrected chi connectivity index (χ0v) is 10.0. The van der Waals surface area contributed by atoms with Crippen LogP contribution in [0.3, 0.4) is 0 Å². The molecule has 1 aliphatic carbocycles. The molecule has 1 N–H and O–H groups in total. The van der Waals surface area contributed by atoms with Gasteiger partial charge in [-0.1, -0.05) is 36.8 Å². The number of hydrogen-bond donors (Lipinski definition) is 1. The number of nitrogens with one attached hydrogen (secondary N) is 1. The Morgan fingerprint density at radius 2 is 1.88 bits per heavy atom. The van der Waals surface area contributed by atoms with Crippen LogP contribution in [-0.2, 0) is 15.0 Å². The summed E-state index contributed by atoms with van der Waals surface area (Å²) in [7, 11) is 0. The first-order valence-electron chi connectivity index (χ1n) is 5.98. The summed E-state index contributed by atoms with van der Waals surface area (Å²) in [5, 5.41) is 2.73. The molecular formula is C14H17NO2.